The lowest BCUT2D eigenvalue weighted by atomic mass is 10.1. The van der Waals surface area contributed by atoms with Crippen molar-refractivity contribution < 1.29 is 33.1 Å². The predicted molar refractivity (Wildman–Crippen MR) is 137 cm³/mol. The molecule has 0 aromatic rings. The second-order valence-electron chi connectivity index (χ2n) is 8.34. The van der Waals surface area contributed by atoms with Gasteiger partial charge in [0, 0.05) is 13.0 Å². The average Bonchev–Trinajstić information content (AvgIpc) is 2.78. The molecule has 0 saturated carbocycles. The molecule has 0 heterocycles. The van der Waals surface area contributed by atoms with E-state index in [1.54, 1.807) is 19.0 Å². The number of hydrogen-bond donors (Lipinski definition) is 2. The monoisotopic (exact) mass is 503 g/mol. The number of phosphoric acid groups is 1. The number of likely N-dealkylation sites (N-methyl/N-ethyl adjacent to an activating group) is 1. The van der Waals surface area contributed by atoms with Gasteiger partial charge in [0.15, 0.2) is 0 Å². The van der Waals surface area contributed by atoms with Crippen LogP contribution in [0, 0.1) is 0 Å². The molecular weight excluding hydrogens is 457 g/mol. The lowest BCUT2D eigenvalue weighted by Gasteiger charge is -2.16. The average molecular weight is 504 g/mol. The molecule has 0 saturated heterocycles. The fraction of sp³-hybridized carbons (Fsp3) is 0.720. The normalized spacial score (nSPS) is 15.0. The Hall–Kier alpha value is -1.28. The van der Waals surface area contributed by atoms with Gasteiger partial charge in [0.25, 0.3) is 0 Å². The molecule has 0 spiro atoms. The van der Waals surface area contributed by atoms with Crippen LogP contribution in [-0.2, 0) is 23.1 Å². The minimum atomic E-state index is -4.23. The predicted octanol–water partition coefficient (Wildman–Crippen LogP) is 5.18. The summed E-state index contributed by atoms with van der Waals surface area (Å²) in [5.41, 5.74) is 0. The van der Waals surface area contributed by atoms with Crippen LogP contribution in [0.2, 0.25) is 0 Å². The highest BCUT2D eigenvalue weighted by atomic mass is 31.2. The van der Waals surface area contributed by atoms with Gasteiger partial charge in [-0.25, -0.2) is 4.57 Å². The van der Waals surface area contributed by atoms with E-state index in [0.717, 1.165) is 57.8 Å². The van der Waals surface area contributed by atoms with Crippen molar-refractivity contribution in [1.82, 2.24) is 4.90 Å². The van der Waals surface area contributed by atoms with Gasteiger partial charge in [-0.1, -0.05) is 62.6 Å². The Labute approximate surface area is 206 Å². The number of unbranched alkanes of at least 4 members (excludes halogenated alkanes) is 5. The minimum Gasteiger partial charge on any atom is -0.463 e. The van der Waals surface area contributed by atoms with Crippen LogP contribution in [0.1, 0.15) is 71.1 Å². The quantitative estimate of drug-likeness (QED) is 0.0902. The van der Waals surface area contributed by atoms with Crippen LogP contribution in [0.25, 0.3) is 0 Å². The third kappa shape index (κ3) is 23.9. The molecule has 34 heavy (non-hydrogen) atoms. The van der Waals surface area contributed by atoms with Crippen LogP contribution >= 0.6 is 7.82 Å². The van der Waals surface area contributed by atoms with Gasteiger partial charge >= 0.3 is 13.8 Å². The minimum absolute atomic E-state index is 0.0254. The van der Waals surface area contributed by atoms with E-state index >= 15 is 0 Å². The summed E-state index contributed by atoms with van der Waals surface area (Å²) in [5, 5.41) is 9.77. The third-order valence-electron chi connectivity index (χ3n) is 4.69. The first kappa shape index (κ1) is 32.7. The molecule has 0 radical (unpaired) electrons. The van der Waals surface area contributed by atoms with Crippen molar-refractivity contribution in [3.8, 4) is 0 Å². The molecule has 8 nitrogen and oxygen atoms in total. The summed E-state index contributed by atoms with van der Waals surface area (Å²) in [6, 6.07) is 0. The molecule has 0 amide bonds. The molecule has 2 unspecified atom stereocenters. The van der Waals surface area contributed by atoms with Crippen molar-refractivity contribution in [3.63, 3.8) is 0 Å². The molecule has 0 aliphatic rings. The van der Waals surface area contributed by atoms with Crippen LogP contribution in [0.5, 0.6) is 0 Å². The van der Waals surface area contributed by atoms with Crippen molar-refractivity contribution in [2.45, 2.75) is 77.2 Å². The maximum absolute atomic E-state index is 11.8. The molecule has 2 atom stereocenters. The molecule has 9 heteroatoms. The first-order valence-electron chi connectivity index (χ1n) is 12.3. The number of nitrogens with zero attached hydrogens (tertiary/aromatic N) is 1. The summed E-state index contributed by atoms with van der Waals surface area (Å²) in [6.07, 6.45) is 21.4. The molecule has 0 rings (SSSR count). The summed E-state index contributed by atoms with van der Waals surface area (Å²) >= 11 is 0. The molecular formula is C25H46NO7P. The van der Waals surface area contributed by atoms with Crippen LogP contribution in [0.15, 0.2) is 36.5 Å². The van der Waals surface area contributed by atoms with Gasteiger partial charge in [0.05, 0.1) is 13.2 Å². The Morgan fingerprint density at radius 1 is 0.912 bits per heavy atom. The molecule has 0 aliphatic heterocycles. The number of ether oxygens (including phenoxy) is 1. The van der Waals surface area contributed by atoms with Crippen LogP contribution < -0.4 is 0 Å². The van der Waals surface area contributed by atoms with Crippen molar-refractivity contribution in [2.75, 3.05) is 40.5 Å². The van der Waals surface area contributed by atoms with Gasteiger partial charge in [-0.2, -0.15) is 0 Å². The van der Waals surface area contributed by atoms with E-state index in [2.05, 4.69) is 43.4 Å². The van der Waals surface area contributed by atoms with Gasteiger partial charge in [0.1, 0.15) is 12.7 Å². The summed E-state index contributed by atoms with van der Waals surface area (Å²) in [4.78, 5) is 23.1. The zero-order valence-corrected chi connectivity index (χ0v) is 22.2. The highest BCUT2D eigenvalue weighted by Gasteiger charge is 2.23. The summed E-state index contributed by atoms with van der Waals surface area (Å²) in [6.45, 7) is 1.88. The molecule has 198 valence electrons. The van der Waals surface area contributed by atoms with Crippen molar-refractivity contribution in [3.05, 3.63) is 36.5 Å². The second kappa shape index (κ2) is 22.2. The summed E-state index contributed by atoms with van der Waals surface area (Å²) in [5.74, 6) is -0.394. The SMILES string of the molecule is CC/C=C/C/C=C\C/C=C\CCCCCCCC(=O)OCC(O)COP(=O)(O)OCCN(C)C. The fourth-order valence-corrected chi connectivity index (χ4v) is 3.50. The lowest BCUT2D eigenvalue weighted by Crippen LogP contribution is -2.24. The Balaban J connectivity index is 3.62. The van der Waals surface area contributed by atoms with Crippen molar-refractivity contribution in [2.24, 2.45) is 0 Å². The maximum atomic E-state index is 11.8. The Morgan fingerprint density at radius 3 is 2.21 bits per heavy atom. The summed E-state index contributed by atoms with van der Waals surface area (Å²) in [7, 11) is -0.625. The molecule has 2 N–H and O–H groups in total. The van der Waals surface area contributed by atoms with E-state index in [1.165, 1.54) is 0 Å². The van der Waals surface area contributed by atoms with Gasteiger partial charge < -0.3 is 19.6 Å². The zero-order valence-electron chi connectivity index (χ0n) is 21.3. The second-order valence-corrected chi connectivity index (χ2v) is 9.79. The van der Waals surface area contributed by atoms with Crippen LogP contribution in [0.4, 0.5) is 0 Å². The number of esters is 1. The van der Waals surface area contributed by atoms with Crippen LogP contribution in [-0.4, -0.2) is 67.4 Å². The van der Waals surface area contributed by atoms with E-state index in [1.807, 2.05) is 0 Å². The number of rotatable bonds is 22. The van der Waals surface area contributed by atoms with Gasteiger partial charge in [-0.3, -0.25) is 13.8 Å². The Bertz CT molecular complexity index is 635. The maximum Gasteiger partial charge on any atom is 0.472 e. The van der Waals surface area contributed by atoms with Gasteiger partial charge in [0.2, 0.25) is 0 Å². The van der Waals surface area contributed by atoms with Crippen LogP contribution in [0.3, 0.4) is 0 Å². The van der Waals surface area contributed by atoms with Gasteiger partial charge in [-0.05, 0) is 52.6 Å². The smallest absolute Gasteiger partial charge is 0.463 e. The van der Waals surface area contributed by atoms with E-state index in [9.17, 15) is 19.4 Å². The van der Waals surface area contributed by atoms with E-state index in [0.29, 0.717) is 13.0 Å². The summed E-state index contributed by atoms with van der Waals surface area (Å²) < 4.78 is 26.2. The van der Waals surface area contributed by atoms with Crippen molar-refractivity contribution in [1.29, 1.82) is 0 Å². The number of phosphoric ester groups is 1. The van der Waals surface area contributed by atoms with Gasteiger partial charge in [-0.15, -0.1) is 0 Å². The fourth-order valence-electron chi connectivity index (χ4n) is 2.75. The Morgan fingerprint density at radius 2 is 1.53 bits per heavy atom. The highest BCUT2D eigenvalue weighted by Crippen LogP contribution is 2.42. The standard InChI is InChI=1S/C25H46NO7P/c1-4-5-6-7-8-9-10-11-12-13-14-15-16-17-18-19-25(28)31-22-24(27)23-33-34(29,30)32-21-20-26(2)3/h5-6,8-9,11-12,24,27H,4,7,10,13-23H2,1-3H3,(H,29,30)/b6-5+,9-8-,12-11-. The van der Waals surface area contributed by atoms with E-state index in [-0.39, 0.29) is 13.2 Å². The first-order chi connectivity index (χ1) is 16.3. The molecule has 0 bridgehead atoms. The topological polar surface area (TPSA) is 106 Å². The lowest BCUT2D eigenvalue weighted by molar-refractivity contribution is -0.147. The number of aliphatic hydroxyl groups excluding tert-OH is 1. The number of carbonyl (C=O) groups is 1. The molecule has 0 aromatic heterocycles. The number of aliphatic hydroxyl groups is 1. The molecule has 0 aromatic carbocycles. The largest absolute Gasteiger partial charge is 0.472 e. The van der Waals surface area contributed by atoms with E-state index in [4.69, 9.17) is 13.8 Å². The zero-order chi connectivity index (χ0) is 25.5. The van der Waals surface area contributed by atoms with Crippen molar-refractivity contribution >= 4 is 13.8 Å². The number of allylic oxidation sites excluding steroid dienone is 6. The molecule has 0 fully saturated rings. The highest BCUT2D eigenvalue weighted by molar-refractivity contribution is 7.47. The number of hydrogen-bond acceptors (Lipinski definition) is 7. The van der Waals surface area contributed by atoms with E-state index < -0.39 is 26.5 Å². The first-order valence-corrected chi connectivity index (χ1v) is 13.8. The number of carbonyl (C=O) groups excluding carboxylic acids is 1. The third-order valence-corrected chi connectivity index (χ3v) is 5.68. The Kier molecular flexibility index (Phi) is 21.4. The molecule has 0 aliphatic carbocycles.